The summed E-state index contributed by atoms with van der Waals surface area (Å²) in [6, 6.07) is 7.43. The molecule has 0 bridgehead atoms. The fraction of sp³-hybridized carbons (Fsp3) is 0.389. The summed E-state index contributed by atoms with van der Waals surface area (Å²) in [5.74, 6) is 0.663. The van der Waals surface area contributed by atoms with Gasteiger partial charge in [-0.1, -0.05) is 32.4 Å². The third-order valence-electron chi connectivity index (χ3n) is 4.60. The number of H-pyrrole nitrogens is 3. The number of rotatable bonds is 7. The summed E-state index contributed by atoms with van der Waals surface area (Å²) in [6.07, 6.45) is 1.07. The van der Waals surface area contributed by atoms with Gasteiger partial charge < -0.3 is 10.3 Å². The van der Waals surface area contributed by atoms with Crippen molar-refractivity contribution in [1.29, 1.82) is 0 Å². The first-order valence-electron chi connectivity index (χ1n) is 8.89. The highest BCUT2D eigenvalue weighted by atomic mass is 16.2. The Bertz CT molecular complexity index is 1020. The predicted molar refractivity (Wildman–Crippen MR) is 100 cm³/mol. The van der Waals surface area contributed by atoms with Gasteiger partial charge in [0.05, 0.1) is 17.1 Å². The van der Waals surface area contributed by atoms with E-state index in [1.54, 1.807) is 0 Å². The minimum Gasteiger partial charge on any atom is -0.346 e. The lowest BCUT2D eigenvalue weighted by atomic mass is 9.98. The van der Waals surface area contributed by atoms with Crippen LogP contribution >= 0.6 is 0 Å². The highest BCUT2D eigenvalue weighted by molar-refractivity contribution is 5.77. The first-order chi connectivity index (χ1) is 13.0. The summed E-state index contributed by atoms with van der Waals surface area (Å²) in [4.78, 5) is 45.1. The molecule has 142 valence electrons. The predicted octanol–water partition coefficient (Wildman–Crippen LogP) is 1.17. The van der Waals surface area contributed by atoms with Gasteiger partial charge in [0.25, 0.3) is 5.56 Å². The van der Waals surface area contributed by atoms with Gasteiger partial charge in [0.2, 0.25) is 5.91 Å². The van der Waals surface area contributed by atoms with Crippen LogP contribution in [0.25, 0.3) is 11.0 Å². The smallest absolute Gasteiger partial charge is 0.342 e. The maximum atomic E-state index is 12.4. The Morgan fingerprint density at radius 3 is 2.70 bits per heavy atom. The Morgan fingerprint density at radius 1 is 1.22 bits per heavy atom. The van der Waals surface area contributed by atoms with Gasteiger partial charge >= 0.3 is 5.69 Å². The topological polar surface area (TPSA) is 136 Å². The molecule has 9 heteroatoms. The first kappa shape index (κ1) is 18.6. The number of hydrogen-bond acceptors (Lipinski definition) is 5. The minimum atomic E-state index is -0.671. The number of carbonyl (C=O) groups excluding carboxylic acids is 1. The van der Waals surface area contributed by atoms with Crippen LogP contribution in [0.2, 0.25) is 0 Å². The molecule has 27 heavy (non-hydrogen) atoms. The highest BCUT2D eigenvalue weighted by Gasteiger charge is 2.23. The normalized spacial score (nSPS) is 13.4. The number of aryl methyl sites for hydroxylation is 1. The van der Waals surface area contributed by atoms with Gasteiger partial charge in [-0.25, -0.2) is 14.9 Å². The molecule has 2 aromatic heterocycles. The van der Waals surface area contributed by atoms with Crippen molar-refractivity contribution in [3.8, 4) is 0 Å². The molecule has 3 aromatic rings. The van der Waals surface area contributed by atoms with Crippen molar-refractivity contribution >= 4 is 16.9 Å². The number of hydrogen-bond donors (Lipinski definition) is 4. The second kappa shape index (κ2) is 7.98. The molecule has 0 saturated heterocycles. The van der Waals surface area contributed by atoms with Crippen molar-refractivity contribution < 1.29 is 4.79 Å². The van der Waals surface area contributed by atoms with Crippen molar-refractivity contribution in [2.24, 2.45) is 5.92 Å². The van der Waals surface area contributed by atoms with E-state index in [4.69, 9.17) is 0 Å². The third-order valence-corrected chi connectivity index (χ3v) is 4.60. The lowest BCUT2D eigenvalue weighted by Crippen LogP contribution is -2.34. The van der Waals surface area contributed by atoms with Crippen LogP contribution in [0.5, 0.6) is 0 Å². The lowest BCUT2D eigenvalue weighted by molar-refractivity contribution is -0.122. The zero-order valence-electron chi connectivity index (χ0n) is 15.2. The van der Waals surface area contributed by atoms with Crippen LogP contribution in [0, 0.1) is 5.92 Å². The number of imidazole rings is 1. The number of amides is 1. The number of nitrogens with zero attached hydrogens (tertiary/aromatic N) is 2. The molecular formula is C18H22N6O3. The van der Waals surface area contributed by atoms with Crippen LogP contribution in [0.1, 0.15) is 44.2 Å². The summed E-state index contributed by atoms with van der Waals surface area (Å²) in [7, 11) is 0. The van der Waals surface area contributed by atoms with Crippen molar-refractivity contribution in [1.82, 2.24) is 30.5 Å². The molecule has 0 saturated carbocycles. The molecule has 0 aliphatic rings. The molecule has 1 aromatic carbocycles. The number of nitrogens with one attached hydrogen (secondary N) is 4. The van der Waals surface area contributed by atoms with E-state index in [1.807, 2.05) is 31.2 Å². The van der Waals surface area contributed by atoms with Gasteiger partial charge in [-0.3, -0.25) is 14.6 Å². The van der Waals surface area contributed by atoms with E-state index < -0.39 is 11.2 Å². The van der Waals surface area contributed by atoms with Gasteiger partial charge in [0, 0.05) is 12.8 Å². The van der Waals surface area contributed by atoms with Crippen molar-refractivity contribution in [2.75, 3.05) is 0 Å². The Hall–Kier alpha value is -3.23. The van der Waals surface area contributed by atoms with E-state index in [9.17, 15) is 14.4 Å². The minimum absolute atomic E-state index is 0.0787. The molecule has 9 nitrogen and oxygen atoms in total. The Kier molecular flexibility index (Phi) is 5.49. The fourth-order valence-corrected chi connectivity index (χ4v) is 2.85. The van der Waals surface area contributed by atoms with E-state index in [1.165, 1.54) is 0 Å². The number of aromatic nitrogens is 5. The zero-order chi connectivity index (χ0) is 19.4. The van der Waals surface area contributed by atoms with Crippen LogP contribution in [0.15, 0.2) is 33.9 Å². The number of fused-ring (bicyclic) bond motifs is 1. The van der Waals surface area contributed by atoms with Crippen molar-refractivity contribution in [2.45, 2.75) is 39.2 Å². The molecule has 1 amide bonds. The molecule has 0 aliphatic carbocycles. The molecule has 2 heterocycles. The molecule has 4 N–H and O–H groups in total. The van der Waals surface area contributed by atoms with E-state index in [0.717, 1.165) is 17.5 Å². The largest absolute Gasteiger partial charge is 0.346 e. The molecule has 0 radical (unpaired) electrons. The van der Waals surface area contributed by atoms with Crippen LogP contribution in [-0.2, 0) is 11.2 Å². The van der Waals surface area contributed by atoms with Crippen LogP contribution < -0.4 is 16.6 Å². The van der Waals surface area contributed by atoms with Crippen LogP contribution in [0.3, 0.4) is 0 Å². The van der Waals surface area contributed by atoms with E-state index in [0.29, 0.717) is 5.82 Å². The lowest BCUT2D eigenvalue weighted by Gasteiger charge is -2.22. The fourth-order valence-electron chi connectivity index (χ4n) is 2.85. The molecule has 0 spiro atoms. The number of para-hydroxylation sites is 2. The Labute approximate surface area is 154 Å². The average molecular weight is 370 g/mol. The van der Waals surface area contributed by atoms with E-state index in [-0.39, 0.29) is 36.4 Å². The summed E-state index contributed by atoms with van der Waals surface area (Å²) < 4.78 is 0. The molecule has 0 fully saturated rings. The highest BCUT2D eigenvalue weighted by Crippen LogP contribution is 2.24. The molecule has 3 rings (SSSR count). The quantitative estimate of drug-likeness (QED) is 0.495. The molecule has 0 aliphatic heterocycles. The Morgan fingerprint density at radius 2 is 2.00 bits per heavy atom. The monoisotopic (exact) mass is 370 g/mol. The summed E-state index contributed by atoms with van der Waals surface area (Å²) in [5.41, 5.74) is 0.629. The second-order valence-electron chi connectivity index (χ2n) is 6.52. The van der Waals surface area contributed by atoms with Gasteiger partial charge in [-0.05, 0) is 18.1 Å². The maximum Gasteiger partial charge on any atom is 0.342 e. The average Bonchev–Trinajstić information content (AvgIpc) is 3.08. The zero-order valence-corrected chi connectivity index (χ0v) is 15.2. The third kappa shape index (κ3) is 4.30. The molecule has 2 unspecified atom stereocenters. The van der Waals surface area contributed by atoms with Gasteiger partial charge in [-0.2, -0.15) is 5.10 Å². The van der Waals surface area contributed by atoms with Crippen molar-refractivity contribution in [3.63, 3.8) is 0 Å². The summed E-state index contributed by atoms with van der Waals surface area (Å²) in [5, 5.41) is 8.85. The number of benzene rings is 1. The van der Waals surface area contributed by atoms with E-state index in [2.05, 4.69) is 37.4 Å². The number of carbonyl (C=O) groups is 1. The molecule has 2 atom stereocenters. The first-order valence-corrected chi connectivity index (χ1v) is 8.89. The van der Waals surface area contributed by atoms with Crippen LogP contribution in [0.4, 0.5) is 0 Å². The summed E-state index contributed by atoms with van der Waals surface area (Å²) in [6.45, 7) is 4.10. The SMILES string of the molecule is CCC(C)C(NC(=O)CCc1n[nH]c(=O)[nH]c1=O)c1nc2ccccc2[nH]1. The van der Waals surface area contributed by atoms with Crippen molar-refractivity contribution in [3.05, 3.63) is 56.6 Å². The van der Waals surface area contributed by atoms with Crippen LogP contribution in [-0.4, -0.2) is 31.1 Å². The van der Waals surface area contributed by atoms with Gasteiger partial charge in [0.15, 0.2) is 0 Å². The van der Waals surface area contributed by atoms with Gasteiger partial charge in [-0.15, -0.1) is 0 Å². The van der Waals surface area contributed by atoms with E-state index >= 15 is 0 Å². The number of aromatic amines is 3. The second-order valence-corrected chi connectivity index (χ2v) is 6.52. The standard InChI is InChI=1S/C18H22N6O3/c1-3-10(2)15(16-19-11-6-4-5-7-12(11)20-16)21-14(25)9-8-13-17(26)22-18(27)24-23-13/h4-7,10,15H,3,8-9H2,1-2H3,(H,19,20)(H,21,25)(H2,22,24,26,27). The Balaban J connectivity index is 1.73. The summed E-state index contributed by atoms with van der Waals surface area (Å²) >= 11 is 0. The van der Waals surface area contributed by atoms with Gasteiger partial charge in [0.1, 0.15) is 11.5 Å². The molecular weight excluding hydrogens is 348 g/mol. The maximum absolute atomic E-state index is 12.4.